The van der Waals surface area contributed by atoms with Gasteiger partial charge in [0.2, 0.25) is 0 Å². The van der Waals surface area contributed by atoms with Gasteiger partial charge in [0, 0.05) is 13.1 Å². The molecule has 0 spiro atoms. The summed E-state index contributed by atoms with van der Waals surface area (Å²) >= 11 is 0. The second kappa shape index (κ2) is 8.50. The number of hydrogen-bond acceptors (Lipinski definition) is 2. The van der Waals surface area contributed by atoms with Gasteiger partial charge in [0.1, 0.15) is 0 Å². The fourth-order valence-electron chi connectivity index (χ4n) is 6.98. The van der Waals surface area contributed by atoms with E-state index in [0.717, 1.165) is 37.3 Å². The number of likely N-dealkylation sites (tertiary alicyclic amines) is 1. The molecule has 0 amide bonds. The van der Waals surface area contributed by atoms with Crippen LogP contribution in [0.25, 0.3) is 0 Å². The SMILES string of the molecule is NC(=NCCCCN1CCCC1)NCCCC12CC3CC(CC(C3)C1)C2. The van der Waals surface area contributed by atoms with Crippen molar-refractivity contribution in [2.45, 2.75) is 77.0 Å². The molecule has 1 heterocycles. The molecule has 1 aliphatic heterocycles. The minimum absolute atomic E-state index is 0.664. The number of rotatable bonds is 9. The molecular weight excluding hydrogens is 320 g/mol. The van der Waals surface area contributed by atoms with Crippen LogP contribution < -0.4 is 11.1 Å². The standard InChI is InChI=1S/C22H40N4/c23-21(24-7-1-2-9-26-10-3-4-11-26)25-8-5-6-22-15-18-12-19(16-22)14-20(13-18)17-22/h18-20H,1-17H2,(H3,23,24,25). The Kier molecular flexibility index (Phi) is 6.07. The van der Waals surface area contributed by atoms with E-state index >= 15 is 0 Å². The molecule has 4 nitrogen and oxygen atoms in total. The number of nitrogens with two attached hydrogens (primary N) is 1. The first kappa shape index (κ1) is 18.6. The highest BCUT2D eigenvalue weighted by Gasteiger charge is 2.50. The van der Waals surface area contributed by atoms with Gasteiger partial charge in [-0.05, 0) is 120 Å². The molecular formula is C22H40N4. The van der Waals surface area contributed by atoms with E-state index in [-0.39, 0.29) is 0 Å². The summed E-state index contributed by atoms with van der Waals surface area (Å²) in [5, 5.41) is 3.36. The van der Waals surface area contributed by atoms with E-state index in [2.05, 4.69) is 15.2 Å². The highest BCUT2D eigenvalue weighted by atomic mass is 15.1. The Hall–Kier alpha value is -0.770. The average molecular weight is 361 g/mol. The second-order valence-electron chi connectivity index (χ2n) is 9.97. The van der Waals surface area contributed by atoms with Crippen LogP contribution in [0.3, 0.4) is 0 Å². The summed E-state index contributed by atoms with van der Waals surface area (Å²) in [5.74, 6) is 3.88. The summed E-state index contributed by atoms with van der Waals surface area (Å²) in [5.41, 5.74) is 6.76. The fraction of sp³-hybridized carbons (Fsp3) is 0.955. The zero-order valence-electron chi connectivity index (χ0n) is 16.7. The van der Waals surface area contributed by atoms with Crippen molar-refractivity contribution in [3.63, 3.8) is 0 Å². The maximum Gasteiger partial charge on any atom is 0.188 e. The molecule has 4 bridgehead atoms. The lowest BCUT2D eigenvalue weighted by Gasteiger charge is -2.57. The number of nitrogens with zero attached hydrogens (tertiary/aromatic N) is 2. The summed E-state index contributed by atoms with van der Waals surface area (Å²) in [6.07, 6.45) is 17.1. The Morgan fingerprint density at radius 1 is 0.962 bits per heavy atom. The van der Waals surface area contributed by atoms with Crippen molar-refractivity contribution < 1.29 is 0 Å². The van der Waals surface area contributed by atoms with Gasteiger partial charge >= 0.3 is 0 Å². The normalized spacial score (nSPS) is 36.8. The molecule has 5 aliphatic rings. The summed E-state index contributed by atoms with van der Waals surface area (Å²) < 4.78 is 0. The molecule has 0 aromatic carbocycles. The van der Waals surface area contributed by atoms with Crippen molar-refractivity contribution in [3.05, 3.63) is 0 Å². The van der Waals surface area contributed by atoms with Crippen molar-refractivity contribution in [3.8, 4) is 0 Å². The zero-order valence-corrected chi connectivity index (χ0v) is 16.7. The van der Waals surface area contributed by atoms with E-state index in [4.69, 9.17) is 5.73 Å². The van der Waals surface area contributed by atoms with Crippen molar-refractivity contribution in [1.82, 2.24) is 10.2 Å². The quantitative estimate of drug-likeness (QED) is 0.374. The molecule has 0 unspecified atom stereocenters. The molecule has 0 radical (unpaired) electrons. The van der Waals surface area contributed by atoms with Gasteiger partial charge in [-0.2, -0.15) is 0 Å². The van der Waals surface area contributed by atoms with Gasteiger partial charge in [0.05, 0.1) is 0 Å². The van der Waals surface area contributed by atoms with Crippen LogP contribution in [0.4, 0.5) is 0 Å². The molecule has 0 atom stereocenters. The third kappa shape index (κ3) is 4.74. The molecule has 4 aliphatic carbocycles. The monoisotopic (exact) mass is 360 g/mol. The lowest BCUT2D eigenvalue weighted by molar-refractivity contribution is -0.0578. The number of hydrogen-bond donors (Lipinski definition) is 2. The third-order valence-electron chi connectivity index (χ3n) is 7.72. The lowest BCUT2D eigenvalue weighted by Crippen LogP contribution is -2.46. The molecule has 148 valence electrons. The van der Waals surface area contributed by atoms with E-state index in [1.165, 1.54) is 71.0 Å². The Morgan fingerprint density at radius 2 is 1.62 bits per heavy atom. The Balaban J connectivity index is 1.07. The van der Waals surface area contributed by atoms with Crippen LogP contribution in [0.5, 0.6) is 0 Å². The number of guanidine groups is 1. The number of nitrogens with one attached hydrogen (secondary N) is 1. The van der Waals surface area contributed by atoms with Gasteiger partial charge in [0.25, 0.3) is 0 Å². The molecule has 0 aromatic rings. The number of aliphatic imine (C=N–C) groups is 1. The van der Waals surface area contributed by atoms with Crippen LogP contribution in [0, 0.1) is 23.2 Å². The zero-order chi connectivity index (χ0) is 17.8. The molecule has 0 aromatic heterocycles. The van der Waals surface area contributed by atoms with E-state index < -0.39 is 0 Å². The minimum Gasteiger partial charge on any atom is -0.370 e. The largest absolute Gasteiger partial charge is 0.370 e. The maximum atomic E-state index is 6.05. The summed E-state index contributed by atoms with van der Waals surface area (Å²) in [7, 11) is 0. The first-order valence-electron chi connectivity index (χ1n) is 11.5. The third-order valence-corrected chi connectivity index (χ3v) is 7.72. The maximum absolute atomic E-state index is 6.05. The molecule has 1 saturated heterocycles. The molecule has 3 N–H and O–H groups in total. The van der Waals surface area contributed by atoms with E-state index in [9.17, 15) is 0 Å². The predicted octanol–water partition coefficient (Wildman–Crippen LogP) is 3.76. The molecule has 5 fully saturated rings. The highest BCUT2D eigenvalue weighted by Crippen LogP contribution is 2.61. The van der Waals surface area contributed by atoms with Crippen LogP contribution in [0.15, 0.2) is 4.99 Å². The van der Waals surface area contributed by atoms with Crippen LogP contribution in [-0.2, 0) is 0 Å². The second-order valence-corrected chi connectivity index (χ2v) is 9.97. The van der Waals surface area contributed by atoms with Gasteiger partial charge in [-0.15, -0.1) is 0 Å². The Bertz CT molecular complexity index is 445. The number of unbranched alkanes of at least 4 members (excludes halogenated alkanes) is 1. The van der Waals surface area contributed by atoms with Gasteiger partial charge in [-0.25, -0.2) is 0 Å². The van der Waals surface area contributed by atoms with Crippen LogP contribution in [0.2, 0.25) is 0 Å². The lowest BCUT2D eigenvalue weighted by atomic mass is 9.48. The smallest absolute Gasteiger partial charge is 0.188 e. The van der Waals surface area contributed by atoms with E-state index in [1.807, 2.05) is 0 Å². The topological polar surface area (TPSA) is 53.6 Å². The average Bonchev–Trinajstić information content (AvgIpc) is 3.11. The first-order valence-corrected chi connectivity index (χ1v) is 11.5. The molecule has 4 saturated carbocycles. The summed E-state index contributed by atoms with van der Waals surface area (Å²) in [6, 6.07) is 0. The Morgan fingerprint density at radius 3 is 2.27 bits per heavy atom. The van der Waals surface area contributed by atoms with Crippen molar-refractivity contribution in [2.75, 3.05) is 32.7 Å². The van der Waals surface area contributed by atoms with Gasteiger partial charge in [0.15, 0.2) is 5.96 Å². The van der Waals surface area contributed by atoms with Crippen LogP contribution in [-0.4, -0.2) is 43.6 Å². The van der Waals surface area contributed by atoms with Crippen molar-refractivity contribution >= 4 is 5.96 Å². The van der Waals surface area contributed by atoms with Crippen LogP contribution >= 0.6 is 0 Å². The molecule has 5 rings (SSSR count). The van der Waals surface area contributed by atoms with Crippen LogP contribution in [0.1, 0.15) is 77.0 Å². The molecule has 26 heavy (non-hydrogen) atoms. The first-order chi connectivity index (χ1) is 12.7. The fourth-order valence-corrected chi connectivity index (χ4v) is 6.98. The van der Waals surface area contributed by atoms with Gasteiger partial charge in [-0.3, -0.25) is 4.99 Å². The van der Waals surface area contributed by atoms with Gasteiger partial charge < -0.3 is 16.0 Å². The van der Waals surface area contributed by atoms with Gasteiger partial charge in [-0.1, -0.05) is 0 Å². The van der Waals surface area contributed by atoms with Crippen molar-refractivity contribution in [1.29, 1.82) is 0 Å². The van der Waals surface area contributed by atoms with E-state index in [0.29, 0.717) is 11.4 Å². The summed E-state index contributed by atoms with van der Waals surface area (Å²) in [4.78, 5) is 7.10. The minimum atomic E-state index is 0.664. The van der Waals surface area contributed by atoms with Crippen molar-refractivity contribution in [2.24, 2.45) is 33.9 Å². The molecule has 4 heteroatoms. The summed E-state index contributed by atoms with van der Waals surface area (Å²) in [6.45, 7) is 5.73. The predicted molar refractivity (Wildman–Crippen MR) is 109 cm³/mol. The Labute approximate surface area is 160 Å². The highest BCUT2D eigenvalue weighted by molar-refractivity contribution is 5.77. The van der Waals surface area contributed by atoms with E-state index in [1.54, 1.807) is 19.3 Å².